The SMILES string of the molecule is CC(=O)Nc1cccc(C(=O)Nc2cccc(C(=O)Nc3c(C)n(C)n(-c4ccccc4)c3=O)c2)c1. The van der Waals surface area contributed by atoms with Crippen LogP contribution in [-0.4, -0.2) is 27.1 Å². The second-order valence-corrected chi connectivity index (χ2v) is 8.19. The van der Waals surface area contributed by atoms with E-state index in [1.165, 1.54) is 17.7 Å². The monoisotopic (exact) mass is 483 g/mol. The maximum Gasteiger partial charge on any atom is 0.295 e. The molecular formula is C27H25N5O4. The summed E-state index contributed by atoms with van der Waals surface area (Å²) in [7, 11) is 1.75. The fourth-order valence-corrected chi connectivity index (χ4v) is 3.78. The number of benzene rings is 3. The zero-order valence-electron chi connectivity index (χ0n) is 20.0. The highest BCUT2D eigenvalue weighted by atomic mass is 16.2. The van der Waals surface area contributed by atoms with Crippen LogP contribution in [0.5, 0.6) is 0 Å². The van der Waals surface area contributed by atoms with E-state index in [4.69, 9.17) is 0 Å². The lowest BCUT2D eigenvalue weighted by atomic mass is 10.1. The van der Waals surface area contributed by atoms with Gasteiger partial charge < -0.3 is 16.0 Å². The third kappa shape index (κ3) is 5.10. The Morgan fingerprint density at radius 2 is 1.28 bits per heavy atom. The molecule has 9 nitrogen and oxygen atoms in total. The van der Waals surface area contributed by atoms with Crippen molar-refractivity contribution in [1.82, 2.24) is 9.36 Å². The van der Waals surface area contributed by atoms with Crippen molar-refractivity contribution in [3.63, 3.8) is 0 Å². The van der Waals surface area contributed by atoms with Crippen molar-refractivity contribution in [3.8, 4) is 5.69 Å². The second-order valence-electron chi connectivity index (χ2n) is 8.19. The number of aromatic nitrogens is 2. The van der Waals surface area contributed by atoms with Gasteiger partial charge in [0.05, 0.1) is 11.4 Å². The molecule has 0 aliphatic carbocycles. The van der Waals surface area contributed by atoms with Gasteiger partial charge in [0, 0.05) is 36.5 Å². The van der Waals surface area contributed by atoms with E-state index in [0.717, 1.165) is 0 Å². The molecule has 3 aromatic carbocycles. The second kappa shape index (κ2) is 10.1. The van der Waals surface area contributed by atoms with E-state index in [2.05, 4.69) is 16.0 Å². The van der Waals surface area contributed by atoms with Crippen LogP contribution in [0.2, 0.25) is 0 Å². The molecule has 0 saturated heterocycles. The number of nitrogens with zero attached hydrogens (tertiary/aromatic N) is 2. The van der Waals surface area contributed by atoms with Crippen molar-refractivity contribution in [2.75, 3.05) is 16.0 Å². The predicted octanol–water partition coefficient (Wildman–Crippen LogP) is 3.95. The zero-order chi connectivity index (χ0) is 25.8. The Morgan fingerprint density at radius 3 is 1.86 bits per heavy atom. The molecule has 0 fully saturated rings. The van der Waals surface area contributed by atoms with Crippen LogP contribution in [0.3, 0.4) is 0 Å². The van der Waals surface area contributed by atoms with Crippen molar-refractivity contribution in [2.24, 2.45) is 7.05 Å². The third-order valence-corrected chi connectivity index (χ3v) is 5.62. The summed E-state index contributed by atoms with van der Waals surface area (Å²) in [4.78, 5) is 50.1. The van der Waals surface area contributed by atoms with Crippen LogP contribution in [0.4, 0.5) is 17.1 Å². The van der Waals surface area contributed by atoms with Crippen molar-refractivity contribution in [2.45, 2.75) is 13.8 Å². The van der Waals surface area contributed by atoms with Gasteiger partial charge in [-0.15, -0.1) is 0 Å². The molecule has 3 N–H and O–H groups in total. The Hall–Kier alpha value is -4.92. The van der Waals surface area contributed by atoms with E-state index in [0.29, 0.717) is 28.3 Å². The number of para-hydroxylation sites is 1. The van der Waals surface area contributed by atoms with E-state index >= 15 is 0 Å². The topological polar surface area (TPSA) is 114 Å². The summed E-state index contributed by atoms with van der Waals surface area (Å²) in [6, 6.07) is 22.1. The van der Waals surface area contributed by atoms with Crippen molar-refractivity contribution >= 4 is 34.8 Å². The molecule has 0 aliphatic rings. The summed E-state index contributed by atoms with van der Waals surface area (Å²) in [6.07, 6.45) is 0. The van der Waals surface area contributed by atoms with Crippen LogP contribution in [0.25, 0.3) is 5.69 Å². The molecule has 0 atom stereocenters. The standard InChI is InChI=1S/C27H25N5O4/c1-17-24(27(36)32(31(17)3)23-13-5-4-6-14-23)30-26(35)20-10-8-12-22(16-20)29-25(34)19-9-7-11-21(15-19)28-18(2)33/h4-16H,1-3H3,(H,28,33)(H,29,34)(H,30,35). The van der Waals surface area contributed by atoms with Gasteiger partial charge in [0.2, 0.25) is 5.91 Å². The van der Waals surface area contributed by atoms with Crippen molar-refractivity contribution < 1.29 is 14.4 Å². The minimum absolute atomic E-state index is 0.176. The first-order valence-corrected chi connectivity index (χ1v) is 11.2. The van der Waals surface area contributed by atoms with E-state index in [1.54, 1.807) is 61.1 Å². The zero-order valence-corrected chi connectivity index (χ0v) is 20.0. The Bertz CT molecular complexity index is 1520. The summed E-state index contributed by atoms with van der Waals surface area (Å²) in [5.41, 5.74) is 2.63. The van der Waals surface area contributed by atoms with Gasteiger partial charge in [-0.25, -0.2) is 4.68 Å². The molecule has 4 aromatic rings. The summed E-state index contributed by atoms with van der Waals surface area (Å²) >= 11 is 0. The lowest BCUT2D eigenvalue weighted by Gasteiger charge is -2.09. The van der Waals surface area contributed by atoms with Gasteiger partial charge in [-0.05, 0) is 55.5 Å². The van der Waals surface area contributed by atoms with Crippen molar-refractivity contribution in [3.05, 3.63) is 106 Å². The Kier molecular flexibility index (Phi) is 6.82. The molecule has 0 unspecified atom stereocenters. The summed E-state index contributed by atoms with van der Waals surface area (Å²) in [5, 5.41) is 8.11. The van der Waals surface area contributed by atoms with E-state index in [9.17, 15) is 19.2 Å². The van der Waals surface area contributed by atoms with Crippen LogP contribution < -0.4 is 21.5 Å². The van der Waals surface area contributed by atoms with Crippen LogP contribution >= 0.6 is 0 Å². The van der Waals surface area contributed by atoms with Gasteiger partial charge in [-0.1, -0.05) is 30.3 Å². The summed E-state index contributed by atoms with van der Waals surface area (Å²) in [6.45, 7) is 3.14. The molecule has 4 rings (SSSR count). The van der Waals surface area contributed by atoms with Crippen LogP contribution in [0, 0.1) is 6.92 Å². The first-order chi connectivity index (χ1) is 17.2. The van der Waals surface area contributed by atoms with E-state index in [-0.39, 0.29) is 22.7 Å². The molecule has 0 radical (unpaired) electrons. The fraction of sp³-hybridized carbons (Fsp3) is 0.111. The Morgan fingerprint density at radius 1 is 0.722 bits per heavy atom. The molecule has 1 heterocycles. The van der Waals surface area contributed by atoms with Gasteiger partial charge in [0.15, 0.2) is 0 Å². The average Bonchev–Trinajstić information content (AvgIpc) is 3.07. The number of rotatable bonds is 6. The molecule has 0 spiro atoms. The van der Waals surface area contributed by atoms with Crippen LogP contribution in [0.15, 0.2) is 83.7 Å². The number of amides is 3. The number of anilines is 3. The molecule has 36 heavy (non-hydrogen) atoms. The lowest BCUT2D eigenvalue weighted by molar-refractivity contribution is -0.114. The first-order valence-electron chi connectivity index (χ1n) is 11.2. The normalized spacial score (nSPS) is 10.5. The number of carbonyl (C=O) groups is 3. The smallest absolute Gasteiger partial charge is 0.295 e. The molecule has 182 valence electrons. The van der Waals surface area contributed by atoms with Gasteiger partial charge in [0.1, 0.15) is 5.69 Å². The molecule has 1 aromatic heterocycles. The number of hydrogen-bond donors (Lipinski definition) is 3. The quantitative estimate of drug-likeness (QED) is 0.385. The predicted molar refractivity (Wildman–Crippen MR) is 139 cm³/mol. The highest BCUT2D eigenvalue weighted by Gasteiger charge is 2.19. The number of carbonyl (C=O) groups excluding carboxylic acids is 3. The minimum atomic E-state index is -0.482. The highest BCUT2D eigenvalue weighted by molar-refractivity contribution is 6.08. The first kappa shape index (κ1) is 24.2. The largest absolute Gasteiger partial charge is 0.326 e. The Balaban J connectivity index is 1.53. The number of hydrogen-bond acceptors (Lipinski definition) is 4. The molecule has 0 aliphatic heterocycles. The molecule has 0 bridgehead atoms. The van der Waals surface area contributed by atoms with Crippen molar-refractivity contribution in [1.29, 1.82) is 0 Å². The van der Waals surface area contributed by atoms with Gasteiger partial charge >= 0.3 is 0 Å². The molecule has 3 amide bonds. The maximum atomic E-state index is 13.1. The summed E-state index contributed by atoms with van der Waals surface area (Å²) in [5.74, 6) is -1.12. The van der Waals surface area contributed by atoms with E-state index < -0.39 is 11.8 Å². The lowest BCUT2D eigenvalue weighted by Crippen LogP contribution is -2.23. The summed E-state index contributed by atoms with van der Waals surface area (Å²) < 4.78 is 3.16. The van der Waals surface area contributed by atoms with Crippen LogP contribution in [-0.2, 0) is 11.8 Å². The molecule has 0 saturated carbocycles. The third-order valence-electron chi connectivity index (χ3n) is 5.62. The van der Waals surface area contributed by atoms with E-state index in [1.807, 2.05) is 30.3 Å². The Labute approximate surface area is 207 Å². The molecular weight excluding hydrogens is 458 g/mol. The number of nitrogens with one attached hydrogen (secondary N) is 3. The van der Waals surface area contributed by atoms with Gasteiger partial charge in [-0.3, -0.25) is 23.9 Å². The minimum Gasteiger partial charge on any atom is -0.326 e. The van der Waals surface area contributed by atoms with Gasteiger partial charge in [0.25, 0.3) is 17.4 Å². The highest BCUT2D eigenvalue weighted by Crippen LogP contribution is 2.18. The maximum absolute atomic E-state index is 13.1. The molecule has 9 heteroatoms. The fourth-order valence-electron chi connectivity index (χ4n) is 3.78. The van der Waals surface area contributed by atoms with Crippen LogP contribution in [0.1, 0.15) is 33.3 Å². The van der Waals surface area contributed by atoms with Gasteiger partial charge in [-0.2, -0.15) is 0 Å². The average molecular weight is 484 g/mol.